The van der Waals surface area contributed by atoms with E-state index in [-0.39, 0.29) is 10.6 Å². The van der Waals surface area contributed by atoms with Crippen LogP contribution < -0.4 is 15.6 Å². The summed E-state index contributed by atoms with van der Waals surface area (Å²) in [6.45, 7) is 0. The summed E-state index contributed by atoms with van der Waals surface area (Å²) in [5, 5.41) is 5.04. The fraction of sp³-hybridized carbons (Fsp3) is 0. The van der Waals surface area contributed by atoms with Gasteiger partial charge >= 0.3 is 0 Å². The standard InChI is InChI=1S/C12H12N2O3S/c13-11-7-6-10(18(14,15)16)8-12(11)17-9-4-2-1-3-5-9/h1-8H,13H2,(H2,14,15,16). The highest BCUT2D eigenvalue weighted by atomic mass is 32.2. The van der Waals surface area contributed by atoms with E-state index >= 15 is 0 Å². The molecule has 0 amide bonds. The Morgan fingerprint density at radius 2 is 1.67 bits per heavy atom. The molecule has 0 heterocycles. The maximum atomic E-state index is 11.2. The molecule has 2 rings (SSSR count). The number of hydrogen-bond donors (Lipinski definition) is 2. The molecule has 0 atom stereocenters. The highest BCUT2D eigenvalue weighted by Crippen LogP contribution is 2.29. The average molecular weight is 264 g/mol. The number of rotatable bonds is 3. The minimum atomic E-state index is -3.77. The third kappa shape index (κ3) is 2.79. The van der Waals surface area contributed by atoms with Crippen molar-refractivity contribution in [1.82, 2.24) is 0 Å². The second-order valence-corrected chi connectivity index (χ2v) is 5.22. The Morgan fingerprint density at radius 1 is 1.00 bits per heavy atom. The number of hydrogen-bond acceptors (Lipinski definition) is 4. The molecule has 0 radical (unpaired) electrons. The molecule has 5 nitrogen and oxygen atoms in total. The Labute approximate surface area is 105 Å². The number of primary sulfonamides is 1. The number of ether oxygens (including phenoxy) is 1. The molecule has 18 heavy (non-hydrogen) atoms. The van der Waals surface area contributed by atoms with E-state index in [0.717, 1.165) is 0 Å². The molecule has 0 aliphatic carbocycles. The first kappa shape index (κ1) is 12.4. The zero-order valence-corrected chi connectivity index (χ0v) is 10.2. The van der Waals surface area contributed by atoms with Gasteiger partial charge in [0.05, 0.1) is 10.6 Å². The number of benzene rings is 2. The lowest BCUT2D eigenvalue weighted by molar-refractivity contribution is 0.483. The summed E-state index contributed by atoms with van der Waals surface area (Å²) in [6.07, 6.45) is 0. The van der Waals surface area contributed by atoms with Crippen molar-refractivity contribution in [2.75, 3.05) is 5.73 Å². The summed E-state index contributed by atoms with van der Waals surface area (Å²) in [4.78, 5) is -0.0392. The molecule has 0 bridgehead atoms. The van der Waals surface area contributed by atoms with Crippen LogP contribution in [0.3, 0.4) is 0 Å². The van der Waals surface area contributed by atoms with Gasteiger partial charge in [-0.1, -0.05) is 18.2 Å². The van der Waals surface area contributed by atoms with Crippen molar-refractivity contribution in [2.24, 2.45) is 5.14 Å². The zero-order valence-electron chi connectivity index (χ0n) is 9.41. The van der Waals surface area contributed by atoms with Gasteiger partial charge < -0.3 is 10.5 Å². The van der Waals surface area contributed by atoms with Crippen LogP contribution >= 0.6 is 0 Å². The van der Waals surface area contributed by atoms with E-state index in [9.17, 15) is 8.42 Å². The second-order valence-electron chi connectivity index (χ2n) is 3.66. The number of sulfonamides is 1. The molecular weight excluding hydrogens is 252 g/mol. The highest BCUT2D eigenvalue weighted by molar-refractivity contribution is 7.89. The van der Waals surface area contributed by atoms with Gasteiger partial charge in [-0.05, 0) is 24.3 Å². The fourth-order valence-electron chi connectivity index (χ4n) is 1.40. The molecule has 2 aromatic rings. The third-order valence-corrected chi connectivity index (χ3v) is 3.20. The molecular formula is C12H12N2O3S. The minimum Gasteiger partial charge on any atom is -0.455 e. The molecule has 2 aromatic carbocycles. The number of anilines is 1. The van der Waals surface area contributed by atoms with E-state index in [1.54, 1.807) is 24.3 Å². The zero-order chi connectivity index (χ0) is 13.2. The van der Waals surface area contributed by atoms with Crippen molar-refractivity contribution in [3.8, 4) is 11.5 Å². The summed E-state index contributed by atoms with van der Waals surface area (Å²) in [5.74, 6) is 0.823. The highest BCUT2D eigenvalue weighted by Gasteiger charge is 2.11. The van der Waals surface area contributed by atoms with Crippen LogP contribution in [0.15, 0.2) is 53.4 Å². The summed E-state index contributed by atoms with van der Waals surface area (Å²) in [6, 6.07) is 13.0. The smallest absolute Gasteiger partial charge is 0.238 e. The lowest BCUT2D eigenvalue weighted by Gasteiger charge is -2.09. The van der Waals surface area contributed by atoms with Gasteiger partial charge in [-0.15, -0.1) is 0 Å². The molecule has 0 spiro atoms. The van der Waals surface area contributed by atoms with Gasteiger partial charge in [0.2, 0.25) is 10.0 Å². The second kappa shape index (κ2) is 4.67. The Balaban J connectivity index is 2.39. The van der Waals surface area contributed by atoms with E-state index in [1.807, 2.05) is 6.07 Å². The average Bonchev–Trinajstić information content (AvgIpc) is 2.32. The third-order valence-electron chi connectivity index (χ3n) is 2.28. The molecule has 0 aliphatic rings. The van der Waals surface area contributed by atoms with Crippen molar-refractivity contribution in [2.45, 2.75) is 4.90 Å². The minimum absolute atomic E-state index is 0.0392. The SMILES string of the molecule is Nc1ccc(S(N)(=O)=O)cc1Oc1ccccc1. The van der Waals surface area contributed by atoms with Gasteiger partial charge in [-0.3, -0.25) is 0 Å². The van der Waals surface area contributed by atoms with Crippen LogP contribution in [0.4, 0.5) is 5.69 Å². The van der Waals surface area contributed by atoms with Crippen molar-refractivity contribution in [3.63, 3.8) is 0 Å². The molecule has 0 aliphatic heterocycles. The van der Waals surface area contributed by atoms with Gasteiger partial charge in [0.1, 0.15) is 5.75 Å². The maximum Gasteiger partial charge on any atom is 0.238 e. The molecule has 0 saturated heterocycles. The first-order chi connectivity index (χ1) is 8.47. The predicted molar refractivity (Wildman–Crippen MR) is 68.7 cm³/mol. The van der Waals surface area contributed by atoms with Crippen LogP contribution in [-0.4, -0.2) is 8.42 Å². The van der Waals surface area contributed by atoms with Crippen LogP contribution in [0.5, 0.6) is 11.5 Å². The van der Waals surface area contributed by atoms with E-state index in [1.165, 1.54) is 18.2 Å². The fourth-order valence-corrected chi connectivity index (χ4v) is 1.92. The maximum absolute atomic E-state index is 11.2. The van der Waals surface area contributed by atoms with Gasteiger partial charge in [0.15, 0.2) is 5.75 Å². The molecule has 0 unspecified atom stereocenters. The van der Waals surface area contributed by atoms with E-state index in [2.05, 4.69) is 0 Å². The van der Waals surface area contributed by atoms with Crippen LogP contribution in [0.2, 0.25) is 0 Å². The van der Waals surface area contributed by atoms with Crippen LogP contribution in [-0.2, 0) is 10.0 Å². The Kier molecular flexibility index (Phi) is 3.22. The van der Waals surface area contributed by atoms with Crippen molar-refractivity contribution < 1.29 is 13.2 Å². The van der Waals surface area contributed by atoms with E-state index < -0.39 is 10.0 Å². The Morgan fingerprint density at radius 3 is 2.28 bits per heavy atom. The van der Waals surface area contributed by atoms with Crippen LogP contribution in [0.25, 0.3) is 0 Å². The summed E-state index contributed by atoms with van der Waals surface area (Å²) < 4.78 is 28.0. The molecule has 94 valence electrons. The molecule has 0 fully saturated rings. The topological polar surface area (TPSA) is 95.4 Å². The van der Waals surface area contributed by atoms with Gasteiger partial charge in [-0.25, -0.2) is 13.6 Å². The lowest BCUT2D eigenvalue weighted by atomic mass is 10.3. The predicted octanol–water partition coefficient (Wildman–Crippen LogP) is 1.71. The first-order valence-corrected chi connectivity index (χ1v) is 6.67. The monoisotopic (exact) mass is 264 g/mol. The largest absolute Gasteiger partial charge is 0.455 e. The lowest BCUT2D eigenvalue weighted by Crippen LogP contribution is -2.12. The number of nitrogens with two attached hydrogens (primary N) is 2. The molecule has 0 saturated carbocycles. The normalized spacial score (nSPS) is 11.2. The summed E-state index contributed by atoms with van der Waals surface area (Å²) in [7, 11) is -3.77. The van der Waals surface area contributed by atoms with E-state index in [0.29, 0.717) is 11.4 Å². The number of nitrogen functional groups attached to an aromatic ring is 1. The van der Waals surface area contributed by atoms with Crippen molar-refractivity contribution >= 4 is 15.7 Å². The molecule has 6 heteroatoms. The van der Waals surface area contributed by atoms with Gasteiger partial charge in [-0.2, -0.15) is 0 Å². The Bertz CT molecular complexity index is 654. The van der Waals surface area contributed by atoms with Crippen LogP contribution in [0.1, 0.15) is 0 Å². The summed E-state index contributed by atoms with van der Waals surface area (Å²) >= 11 is 0. The van der Waals surface area contributed by atoms with E-state index in [4.69, 9.17) is 15.6 Å². The molecule has 4 N–H and O–H groups in total. The molecule has 0 aromatic heterocycles. The van der Waals surface area contributed by atoms with Gasteiger partial charge in [0, 0.05) is 6.07 Å². The first-order valence-electron chi connectivity index (χ1n) is 5.12. The van der Waals surface area contributed by atoms with Crippen LogP contribution in [0, 0.1) is 0 Å². The number of para-hydroxylation sites is 1. The summed E-state index contributed by atoms with van der Waals surface area (Å²) in [5.41, 5.74) is 6.06. The quantitative estimate of drug-likeness (QED) is 0.825. The van der Waals surface area contributed by atoms with Crippen molar-refractivity contribution in [3.05, 3.63) is 48.5 Å². The Hall–Kier alpha value is -2.05. The van der Waals surface area contributed by atoms with Crippen molar-refractivity contribution in [1.29, 1.82) is 0 Å². The van der Waals surface area contributed by atoms with Gasteiger partial charge in [0.25, 0.3) is 0 Å².